The molecule has 0 bridgehead atoms. The number of halogens is 1. The maximum absolute atomic E-state index is 13.7. The minimum absolute atomic E-state index is 0.162. The second-order valence-corrected chi connectivity index (χ2v) is 5.00. The molecule has 108 valence electrons. The summed E-state index contributed by atoms with van der Waals surface area (Å²) in [5.74, 6) is -0.401. The van der Waals surface area contributed by atoms with Gasteiger partial charge in [0.1, 0.15) is 17.3 Å². The van der Waals surface area contributed by atoms with Crippen molar-refractivity contribution in [1.29, 1.82) is 0 Å². The molecule has 0 fully saturated rings. The van der Waals surface area contributed by atoms with Gasteiger partial charge in [0.25, 0.3) is 5.69 Å². The Morgan fingerprint density at radius 1 is 1.33 bits per heavy atom. The van der Waals surface area contributed by atoms with Gasteiger partial charge < -0.3 is 10.4 Å². The van der Waals surface area contributed by atoms with Crippen LogP contribution in [0.5, 0.6) is 5.75 Å². The van der Waals surface area contributed by atoms with Gasteiger partial charge in [-0.3, -0.25) is 10.1 Å². The van der Waals surface area contributed by atoms with Crippen LogP contribution in [-0.4, -0.2) is 10.0 Å². The van der Waals surface area contributed by atoms with Crippen molar-refractivity contribution in [2.75, 3.05) is 5.32 Å². The van der Waals surface area contributed by atoms with Gasteiger partial charge in [-0.15, -0.1) is 0 Å². The summed E-state index contributed by atoms with van der Waals surface area (Å²) >= 11 is 0. The third-order valence-electron chi connectivity index (χ3n) is 3.72. The first-order valence-electron chi connectivity index (χ1n) is 6.57. The van der Waals surface area contributed by atoms with E-state index in [1.807, 2.05) is 6.07 Å². The van der Waals surface area contributed by atoms with E-state index >= 15 is 0 Å². The van der Waals surface area contributed by atoms with Crippen LogP contribution in [0.2, 0.25) is 0 Å². The van der Waals surface area contributed by atoms with Crippen molar-refractivity contribution in [3.8, 4) is 5.75 Å². The highest BCUT2D eigenvalue weighted by Crippen LogP contribution is 2.38. The third kappa shape index (κ3) is 2.40. The Kier molecular flexibility index (Phi) is 3.21. The van der Waals surface area contributed by atoms with Gasteiger partial charge in [-0.2, -0.15) is 0 Å². The lowest BCUT2D eigenvalue weighted by molar-refractivity contribution is -0.384. The zero-order valence-corrected chi connectivity index (χ0v) is 11.0. The fourth-order valence-electron chi connectivity index (χ4n) is 2.74. The molecule has 2 aromatic rings. The maximum Gasteiger partial charge on any atom is 0.296 e. The number of rotatable bonds is 3. The standard InChI is InChI=1S/C15H13FN2O3/c16-12-3-1-2-11-10(12)5-7-13(11)17-14-6-4-9(19)8-15(14)18(20)21/h1-4,6,8,13,17,19H,5,7H2. The van der Waals surface area contributed by atoms with Crippen LogP contribution < -0.4 is 5.32 Å². The number of anilines is 1. The molecular weight excluding hydrogens is 275 g/mol. The van der Waals surface area contributed by atoms with Gasteiger partial charge in [0.2, 0.25) is 0 Å². The van der Waals surface area contributed by atoms with E-state index in [4.69, 9.17) is 0 Å². The number of phenolic OH excluding ortho intramolecular Hbond substituents is 1. The lowest BCUT2D eigenvalue weighted by Crippen LogP contribution is -2.08. The van der Waals surface area contributed by atoms with E-state index in [9.17, 15) is 19.6 Å². The summed E-state index contributed by atoms with van der Waals surface area (Å²) in [5, 5.41) is 23.5. The predicted molar refractivity (Wildman–Crippen MR) is 75.8 cm³/mol. The molecule has 0 amide bonds. The topological polar surface area (TPSA) is 75.4 Å². The van der Waals surface area contributed by atoms with Crippen LogP contribution in [0.15, 0.2) is 36.4 Å². The molecule has 0 spiro atoms. The van der Waals surface area contributed by atoms with Crippen LogP contribution in [0.25, 0.3) is 0 Å². The molecular formula is C15H13FN2O3. The molecule has 2 aromatic carbocycles. The normalized spacial score (nSPS) is 16.5. The quantitative estimate of drug-likeness (QED) is 0.514. The molecule has 3 rings (SSSR count). The molecule has 0 saturated carbocycles. The molecule has 0 radical (unpaired) electrons. The third-order valence-corrected chi connectivity index (χ3v) is 3.72. The first-order chi connectivity index (χ1) is 10.1. The molecule has 0 aromatic heterocycles. The van der Waals surface area contributed by atoms with E-state index in [1.165, 1.54) is 18.2 Å². The Morgan fingerprint density at radius 3 is 2.90 bits per heavy atom. The van der Waals surface area contributed by atoms with Crippen molar-refractivity contribution < 1.29 is 14.4 Å². The van der Waals surface area contributed by atoms with Crippen molar-refractivity contribution in [2.45, 2.75) is 18.9 Å². The van der Waals surface area contributed by atoms with E-state index in [0.717, 1.165) is 11.6 Å². The van der Waals surface area contributed by atoms with Crippen LogP contribution in [0.3, 0.4) is 0 Å². The Balaban J connectivity index is 1.93. The first-order valence-corrected chi connectivity index (χ1v) is 6.57. The molecule has 1 unspecified atom stereocenters. The molecule has 2 N–H and O–H groups in total. The minimum Gasteiger partial charge on any atom is -0.508 e. The summed E-state index contributed by atoms with van der Waals surface area (Å²) in [6.07, 6.45) is 1.28. The largest absolute Gasteiger partial charge is 0.508 e. The summed E-state index contributed by atoms with van der Waals surface area (Å²) in [4.78, 5) is 10.5. The molecule has 6 heteroatoms. The van der Waals surface area contributed by atoms with Gasteiger partial charge in [-0.25, -0.2) is 4.39 Å². The van der Waals surface area contributed by atoms with Crippen LogP contribution >= 0.6 is 0 Å². The van der Waals surface area contributed by atoms with Gasteiger partial charge >= 0.3 is 0 Å². The summed E-state index contributed by atoms with van der Waals surface area (Å²) in [5.41, 5.74) is 1.62. The van der Waals surface area contributed by atoms with Crippen LogP contribution in [-0.2, 0) is 6.42 Å². The monoisotopic (exact) mass is 288 g/mol. The number of nitrogens with one attached hydrogen (secondary N) is 1. The van der Waals surface area contributed by atoms with Gasteiger partial charge in [-0.1, -0.05) is 12.1 Å². The van der Waals surface area contributed by atoms with Crippen molar-refractivity contribution in [3.05, 3.63) is 63.5 Å². The van der Waals surface area contributed by atoms with Crippen molar-refractivity contribution in [1.82, 2.24) is 0 Å². The molecule has 0 saturated heterocycles. The Labute approximate surface area is 120 Å². The van der Waals surface area contributed by atoms with E-state index in [1.54, 1.807) is 6.07 Å². The van der Waals surface area contributed by atoms with E-state index in [2.05, 4.69) is 5.32 Å². The second kappa shape index (κ2) is 5.05. The SMILES string of the molecule is O=[N+]([O-])c1cc(O)ccc1NC1CCc2c(F)cccc21. The molecule has 1 aliphatic carbocycles. The van der Waals surface area contributed by atoms with Crippen LogP contribution in [0, 0.1) is 15.9 Å². The zero-order valence-electron chi connectivity index (χ0n) is 11.0. The zero-order chi connectivity index (χ0) is 15.0. The number of hydrogen-bond donors (Lipinski definition) is 2. The summed E-state index contributed by atoms with van der Waals surface area (Å²) in [7, 11) is 0. The van der Waals surface area contributed by atoms with Crippen molar-refractivity contribution >= 4 is 11.4 Å². The average molecular weight is 288 g/mol. The number of phenols is 1. The summed E-state index contributed by atoms with van der Waals surface area (Å²) < 4.78 is 13.7. The summed E-state index contributed by atoms with van der Waals surface area (Å²) in [6, 6.07) is 8.67. The second-order valence-electron chi connectivity index (χ2n) is 5.00. The Morgan fingerprint density at radius 2 is 2.14 bits per heavy atom. The van der Waals surface area contributed by atoms with Crippen molar-refractivity contribution in [3.63, 3.8) is 0 Å². The van der Waals surface area contributed by atoms with Gasteiger partial charge in [-0.05, 0) is 42.2 Å². The fourth-order valence-corrected chi connectivity index (χ4v) is 2.74. The molecule has 5 nitrogen and oxygen atoms in total. The fraction of sp³-hybridized carbons (Fsp3) is 0.200. The smallest absolute Gasteiger partial charge is 0.296 e. The number of fused-ring (bicyclic) bond motifs is 1. The Hall–Kier alpha value is -2.63. The minimum atomic E-state index is -0.552. The predicted octanol–water partition coefficient (Wildman–Crippen LogP) is 3.54. The van der Waals surface area contributed by atoms with Crippen LogP contribution in [0.4, 0.5) is 15.8 Å². The molecule has 0 heterocycles. The number of nitrogens with zero attached hydrogens (tertiary/aromatic N) is 1. The Bertz CT molecular complexity index is 718. The van der Waals surface area contributed by atoms with Gasteiger partial charge in [0, 0.05) is 0 Å². The number of nitro benzene ring substituents is 1. The first kappa shape index (κ1) is 13.4. The number of benzene rings is 2. The molecule has 0 aliphatic heterocycles. The highest BCUT2D eigenvalue weighted by atomic mass is 19.1. The van der Waals surface area contributed by atoms with Gasteiger partial charge in [0.05, 0.1) is 17.0 Å². The lowest BCUT2D eigenvalue weighted by Gasteiger charge is -2.15. The number of nitro groups is 1. The maximum atomic E-state index is 13.7. The highest BCUT2D eigenvalue weighted by Gasteiger charge is 2.26. The highest BCUT2D eigenvalue weighted by molar-refractivity contribution is 5.65. The van der Waals surface area contributed by atoms with Gasteiger partial charge in [0.15, 0.2) is 0 Å². The molecule has 21 heavy (non-hydrogen) atoms. The lowest BCUT2D eigenvalue weighted by atomic mass is 10.1. The van der Waals surface area contributed by atoms with Crippen molar-refractivity contribution in [2.24, 2.45) is 0 Å². The van der Waals surface area contributed by atoms with E-state index in [-0.39, 0.29) is 23.3 Å². The van der Waals surface area contributed by atoms with E-state index < -0.39 is 4.92 Å². The summed E-state index contributed by atoms with van der Waals surface area (Å²) in [6.45, 7) is 0. The number of aromatic hydroxyl groups is 1. The van der Waals surface area contributed by atoms with E-state index in [0.29, 0.717) is 24.1 Å². The molecule has 1 aliphatic rings. The number of hydrogen-bond acceptors (Lipinski definition) is 4. The average Bonchev–Trinajstić information content (AvgIpc) is 2.85. The molecule has 1 atom stereocenters. The van der Waals surface area contributed by atoms with Crippen LogP contribution in [0.1, 0.15) is 23.6 Å².